The Morgan fingerprint density at radius 3 is 2.43 bits per heavy atom. The minimum absolute atomic E-state index is 0.00326. The number of hydrogen-bond donors (Lipinski definition) is 1. The number of benzene rings is 1. The largest absolute Gasteiger partial charge is 0.460 e. The molecule has 208 valence electrons. The Morgan fingerprint density at radius 2 is 1.81 bits per heavy atom. The van der Waals surface area contributed by atoms with Crippen molar-refractivity contribution >= 4 is 17.8 Å². The van der Waals surface area contributed by atoms with Crippen LogP contribution in [0.2, 0.25) is 0 Å². The summed E-state index contributed by atoms with van der Waals surface area (Å²) in [6, 6.07) is 9.34. The van der Waals surface area contributed by atoms with E-state index in [0.29, 0.717) is 26.2 Å². The van der Waals surface area contributed by atoms with E-state index in [2.05, 4.69) is 12.2 Å². The molecule has 1 aliphatic rings. The molecule has 2 amide bonds. The molecule has 0 radical (unpaired) electrons. The summed E-state index contributed by atoms with van der Waals surface area (Å²) in [4.78, 5) is 41.4. The second-order valence-electron chi connectivity index (χ2n) is 11.5. The van der Waals surface area contributed by atoms with Crippen LogP contribution in [0.3, 0.4) is 0 Å². The minimum atomic E-state index is -0.644. The standard InChI is InChI=1S/C30H48N2O5/c1-7-8-10-16-24(19-26(33)37-30(4,5)6)28(34)31-27(22(2)3)29(35)32-18-13-17-25(32)21-36-20-23-14-11-9-12-15-23/h9,11-12,14-15,22,24-25,27H,7-8,10,13,16-21H2,1-6H3,(H,31,34)/t24?,25-,27-/m0/s1. The van der Waals surface area contributed by atoms with Crippen molar-refractivity contribution in [2.75, 3.05) is 13.2 Å². The molecule has 1 aromatic carbocycles. The third kappa shape index (κ3) is 10.8. The Kier molecular flexibility index (Phi) is 12.6. The van der Waals surface area contributed by atoms with E-state index in [1.807, 2.05) is 69.9 Å². The highest BCUT2D eigenvalue weighted by molar-refractivity contribution is 5.90. The summed E-state index contributed by atoms with van der Waals surface area (Å²) in [6.07, 6.45) is 5.28. The lowest BCUT2D eigenvalue weighted by Crippen LogP contribution is -2.54. The number of ether oxygens (including phenoxy) is 2. The highest BCUT2D eigenvalue weighted by atomic mass is 16.6. The van der Waals surface area contributed by atoms with Gasteiger partial charge in [0.15, 0.2) is 0 Å². The number of amides is 2. The third-order valence-electron chi connectivity index (χ3n) is 6.67. The Bertz CT molecular complexity index is 849. The normalized spacial score (nSPS) is 17.5. The first-order valence-corrected chi connectivity index (χ1v) is 14.0. The number of carbonyl (C=O) groups is 3. The smallest absolute Gasteiger partial charge is 0.307 e. The number of nitrogens with zero attached hydrogens (tertiary/aromatic N) is 1. The lowest BCUT2D eigenvalue weighted by atomic mass is 9.94. The van der Waals surface area contributed by atoms with Crippen molar-refractivity contribution in [2.45, 2.75) is 111 Å². The molecule has 3 atom stereocenters. The molecular weight excluding hydrogens is 468 g/mol. The molecule has 1 N–H and O–H groups in total. The van der Waals surface area contributed by atoms with E-state index in [0.717, 1.165) is 37.7 Å². The average molecular weight is 517 g/mol. The molecule has 1 fully saturated rings. The lowest BCUT2D eigenvalue weighted by Gasteiger charge is -2.32. The highest BCUT2D eigenvalue weighted by Gasteiger charge is 2.36. The summed E-state index contributed by atoms with van der Waals surface area (Å²) in [5, 5.41) is 3.01. The van der Waals surface area contributed by atoms with Crippen LogP contribution in [-0.4, -0.2) is 53.5 Å². The van der Waals surface area contributed by atoms with Gasteiger partial charge in [0, 0.05) is 12.5 Å². The zero-order valence-corrected chi connectivity index (χ0v) is 23.8. The Balaban J connectivity index is 2.02. The van der Waals surface area contributed by atoms with Crippen molar-refractivity contribution in [3.63, 3.8) is 0 Å². The van der Waals surface area contributed by atoms with Crippen LogP contribution in [0.25, 0.3) is 0 Å². The number of hydrogen-bond acceptors (Lipinski definition) is 5. The zero-order valence-electron chi connectivity index (χ0n) is 23.8. The first-order valence-electron chi connectivity index (χ1n) is 14.0. The molecule has 7 nitrogen and oxygen atoms in total. The number of esters is 1. The maximum atomic E-state index is 13.6. The van der Waals surface area contributed by atoms with E-state index < -0.39 is 17.6 Å². The van der Waals surface area contributed by atoms with E-state index in [1.165, 1.54) is 0 Å². The Hall–Kier alpha value is -2.41. The van der Waals surface area contributed by atoms with Gasteiger partial charge in [-0.3, -0.25) is 14.4 Å². The van der Waals surface area contributed by atoms with Crippen LogP contribution < -0.4 is 5.32 Å². The fraction of sp³-hybridized carbons (Fsp3) is 0.700. The summed E-state index contributed by atoms with van der Waals surface area (Å²) in [6.45, 7) is 13.1. The van der Waals surface area contributed by atoms with Crippen molar-refractivity contribution < 1.29 is 23.9 Å². The van der Waals surface area contributed by atoms with Crippen molar-refractivity contribution in [3.05, 3.63) is 35.9 Å². The van der Waals surface area contributed by atoms with E-state index in [1.54, 1.807) is 0 Å². The number of likely N-dealkylation sites (tertiary alicyclic amines) is 1. The van der Waals surface area contributed by atoms with E-state index in [4.69, 9.17) is 9.47 Å². The second kappa shape index (κ2) is 15.1. The third-order valence-corrected chi connectivity index (χ3v) is 6.67. The van der Waals surface area contributed by atoms with Gasteiger partial charge in [0.2, 0.25) is 11.8 Å². The summed E-state index contributed by atoms with van der Waals surface area (Å²) in [7, 11) is 0. The SMILES string of the molecule is CCCCCC(CC(=O)OC(C)(C)C)C(=O)N[C@H](C(=O)N1CCC[C@H]1COCc1ccccc1)C(C)C. The molecule has 0 saturated carbocycles. The van der Waals surface area contributed by atoms with Crippen LogP contribution in [0.1, 0.15) is 92.1 Å². The van der Waals surface area contributed by atoms with Gasteiger partial charge in [-0.15, -0.1) is 0 Å². The molecule has 1 aliphatic heterocycles. The predicted molar refractivity (Wildman–Crippen MR) is 146 cm³/mol. The van der Waals surface area contributed by atoms with Crippen molar-refractivity contribution in [1.82, 2.24) is 10.2 Å². The molecular formula is C30H48N2O5. The molecule has 37 heavy (non-hydrogen) atoms. The van der Waals surface area contributed by atoms with Gasteiger partial charge in [0.25, 0.3) is 0 Å². The number of rotatable bonds is 14. The fourth-order valence-corrected chi connectivity index (χ4v) is 4.70. The average Bonchev–Trinajstić information content (AvgIpc) is 3.29. The Labute approximate surface area is 223 Å². The maximum absolute atomic E-state index is 13.6. The van der Waals surface area contributed by atoms with Gasteiger partial charge in [0.1, 0.15) is 11.6 Å². The fourth-order valence-electron chi connectivity index (χ4n) is 4.70. The summed E-state index contributed by atoms with van der Waals surface area (Å²) in [5.74, 6) is -1.30. The van der Waals surface area contributed by atoms with Gasteiger partial charge in [-0.2, -0.15) is 0 Å². The minimum Gasteiger partial charge on any atom is -0.460 e. The molecule has 1 unspecified atom stereocenters. The van der Waals surface area contributed by atoms with Crippen molar-refractivity contribution in [2.24, 2.45) is 11.8 Å². The summed E-state index contributed by atoms with van der Waals surface area (Å²) in [5.41, 5.74) is 0.496. The quantitative estimate of drug-likeness (QED) is 0.269. The van der Waals surface area contributed by atoms with Gasteiger partial charge < -0.3 is 19.7 Å². The van der Waals surface area contributed by atoms with Crippen molar-refractivity contribution in [1.29, 1.82) is 0 Å². The van der Waals surface area contributed by atoms with Crippen LogP contribution in [0, 0.1) is 11.8 Å². The van der Waals surface area contributed by atoms with Crippen LogP contribution in [-0.2, 0) is 30.5 Å². The van der Waals surface area contributed by atoms with Crippen molar-refractivity contribution in [3.8, 4) is 0 Å². The molecule has 0 aliphatic carbocycles. The highest BCUT2D eigenvalue weighted by Crippen LogP contribution is 2.23. The van der Waals surface area contributed by atoms with Gasteiger partial charge in [-0.25, -0.2) is 0 Å². The molecule has 0 aromatic heterocycles. The van der Waals surface area contributed by atoms with Crippen LogP contribution in [0.15, 0.2) is 30.3 Å². The molecule has 1 saturated heterocycles. The number of nitrogens with one attached hydrogen (secondary N) is 1. The zero-order chi connectivity index (χ0) is 27.4. The molecule has 1 heterocycles. The number of unbranched alkanes of at least 4 members (excludes halogenated alkanes) is 2. The molecule has 0 bridgehead atoms. The topological polar surface area (TPSA) is 84.9 Å². The van der Waals surface area contributed by atoms with Gasteiger partial charge in [-0.05, 0) is 51.5 Å². The maximum Gasteiger partial charge on any atom is 0.307 e. The van der Waals surface area contributed by atoms with E-state index in [9.17, 15) is 14.4 Å². The predicted octanol–water partition coefficient (Wildman–Crippen LogP) is 5.26. The molecule has 0 spiro atoms. The van der Waals surface area contributed by atoms with Gasteiger partial charge in [-0.1, -0.05) is 70.4 Å². The van der Waals surface area contributed by atoms with E-state index in [-0.39, 0.29) is 36.2 Å². The van der Waals surface area contributed by atoms with Gasteiger partial charge in [0.05, 0.1) is 25.7 Å². The Morgan fingerprint density at radius 1 is 1.11 bits per heavy atom. The van der Waals surface area contributed by atoms with E-state index >= 15 is 0 Å². The first-order chi connectivity index (χ1) is 17.5. The van der Waals surface area contributed by atoms with Crippen LogP contribution in [0.5, 0.6) is 0 Å². The monoisotopic (exact) mass is 516 g/mol. The number of carbonyl (C=O) groups excluding carboxylic acids is 3. The summed E-state index contributed by atoms with van der Waals surface area (Å²) >= 11 is 0. The second-order valence-corrected chi connectivity index (χ2v) is 11.5. The summed E-state index contributed by atoms with van der Waals surface area (Å²) < 4.78 is 11.4. The van der Waals surface area contributed by atoms with Crippen LogP contribution >= 0.6 is 0 Å². The molecule has 1 aromatic rings. The first kappa shape index (κ1) is 30.8. The molecule has 2 rings (SSSR count). The molecule has 7 heteroatoms. The van der Waals surface area contributed by atoms with Crippen LogP contribution in [0.4, 0.5) is 0 Å². The van der Waals surface area contributed by atoms with Gasteiger partial charge >= 0.3 is 5.97 Å². The lowest BCUT2D eigenvalue weighted by molar-refractivity contribution is -0.157.